The average Bonchev–Trinajstić information content (AvgIpc) is 2.67. The molecule has 0 aromatic heterocycles. The zero-order valence-electron chi connectivity index (χ0n) is 15.1. The lowest BCUT2D eigenvalue weighted by atomic mass is 10.2. The number of halogens is 1. The lowest BCUT2D eigenvalue weighted by Gasteiger charge is -2.33. The summed E-state index contributed by atoms with van der Waals surface area (Å²) in [5.74, 6) is 1.46. The minimum Gasteiger partial charge on any atom is -0.457 e. The fourth-order valence-corrected chi connectivity index (χ4v) is 3.23. The summed E-state index contributed by atoms with van der Waals surface area (Å²) < 4.78 is 6.78. The highest BCUT2D eigenvalue weighted by Crippen LogP contribution is 2.24. The predicted octanol–water partition coefficient (Wildman–Crippen LogP) is 2.79. The van der Waals surface area contributed by atoms with Crippen LogP contribution in [-0.4, -0.2) is 66.7 Å². The summed E-state index contributed by atoms with van der Waals surface area (Å²) in [6.45, 7) is 4.72. The Kier molecular flexibility index (Phi) is 7.23. The smallest absolute Gasteiger partial charge is 0.238 e. The highest BCUT2D eigenvalue weighted by molar-refractivity contribution is 9.10. The van der Waals surface area contributed by atoms with E-state index in [9.17, 15) is 4.79 Å². The first-order chi connectivity index (χ1) is 13.1. The molecule has 7 heteroatoms. The minimum atomic E-state index is -0.0211. The Morgan fingerprint density at radius 2 is 1.52 bits per heavy atom. The average molecular weight is 434 g/mol. The van der Waals surface area contributed by atoms with Gasteiger partial charge in [0.15, 0.2) is 0 Å². The maximum Gasteiger partial charge on any atom is 0.238 e. The summed E-state index contributed by atoms with van der Waals surface area (Å²) in [5, 5.41) is 11.9. The molecule has 144 valence electrons. The maximum absolute atomic E-state index is 12.3. The first-order valence-corrected chi connectivity index (χ1v) is 9.80. The van der Waals surface area contributed by atoms with E-state index in [0.717, 1.165) is 47.8 Å². The van der Waals surface area contributed by atoms with Gasteiger partial charge < -0.3 is 15.2 Å². The van der Waals surface area contributed by atoms with Crippen molar-refractivity contribution in [3.8, 4) is 11.5 Å². The number of aliphatic hydroxyl groups excluding tert-OH is 1. The molecule has 0 radical (unpaired) electrons. The zero-order chi connectivity index (χ0) is 19.1. The topological polar surface area (TPSA) is 65.0 Å². The van der Waals surface area contributed by atoms with Crippen molar-refractivity contribution in [2.45, 2.75) is 0 Å². The molecule has 1 aliphatic heterocycles. The van der Waals surface area contributed by atoms with Crippen LogP contribution in [0.15, 0.2) is 53.0 Å². The number of anilines is 1. The Hall–Kier alpha value is -1.93. The SMILES string of the molecule is O=C(CN1CCN(CCO)CC1)Nc1ccc(Oc2ccc(Br)cc2)cc1. The lowest BCUT2D eigenvalue weighted by Crippen LogP contribution is -2.49. The van der Waals surface area contributed by atoms with Crippen LogP contribution in [0.4, 0.5) is 5.69 Å². The van der Waals surface area contributed by atoms with E-state index in [2.05, 4.69) is 31.0 Å². The summed E-state index contributed by atoms with van der Waals surface area (Å²) in [5.41, 5.74) is 0.752. The molecule has 0 atom stereocenters. The number of carbonyl (C=O) groups is 1. The lowest BCUT2D eigenvalue weighted by molar-refractivity contribution is -0.117. The maximum atomic E-state index is 12.3. The number of ether oxygens (including phenoxy) is 1. The molecule has 2 aromatic rings. The fourth-order valence-electron chi connectivity index (χ4n) is 2.96. The molecular weight excluding hydrogens is 410 g/mol. The molecule has 1 heterocycles. The van der Waals surface area contributed by atoms with E-state index < -0.39 is 0 Å². The standard InChI is InChI=1S/C20H24BrN3O3/c21-16-1-5-18(6-2-16)27-19-7-3-17(4-8-19)22-20(26)15-24-11-9-23(10-12-24)13-14-25/h1-8,25H,9-15H2,(H,22,26). The van der Waals surface area contributed by atoms with Gasteiger partial charge in [-0.25, -0.2) is 0 Å². The number of aliphatic hydroxyl groups is 1. The van der Waals surface area contributed by atoms with Gasteiger partial charge in [0, 0.05) is 42.9 Å². The fraction of sp³-hybridized carbons (Fsp3) is 0.350. The molecule has 0 aliphatic carbocycles. The molecule has 1 saturated heterocycles. The molecular formula is C20H24BrN3O3. The Morgan fingerprint density at radius 1 is 0.963 bits per heavy atom. The van der Waals surface area contributed by atoms with Crippen molar-refractivity contribution in [2.24, 2.45) is 0 Å². The number of rotatable bonds is 7. The summed E-state index contributed by atoms with van der Waals surface area (Å²) in [4.78, 5) is 16.6. The van der Waals surface area contributed by atoms with Gasteiger partial charge in [-0.2, -0.15) is 0 Å². The first-order valence-electron chi connectivity index (χ1n) is 9.01. The summed E-state index contributed by atoms with van der Waals surface area (Å²) in [6.07, 6.45) is 0. The van der Waals surface area contributed by atoms with Crippen LogP contribution in [0.2, 0.25) is 0 Å². The molecule has 1 amide bonds. The highest BCUT2D eigenvalue weighted by atomic mass is 79.9. The van der Waals surface area contributed by atoms with E-state index in [4.69, 9.17) is 9.84 Å². The van der Waals surface area contributed by atoms with E-state index >= 15 is 0 Å². The zero-order valence-corrected chi connectivity index (χ0v) is 16.7. The third-order valence-corrected chi connectivity index (χ3v) is 4.96. The van der Waals surface area contributed by atoms with Crippen molar-refractivity contribution in [3.05, 3.63) is 53.0 Å². The van der Waals surface area contributed by atoms with Gasteiger partial charge in [-0.3, -0.25) is 14.6 Å². The Balaban J connectivity index is 1.45. The van der Waals surface area contributed by atoms with Crippen LogP contribution in [-0.2, 0) is 4.79 Å². The quantitative estimate of drug-likeness (QED) is 0.702. The van der Waals surface area contributed by atoms with E-state index in [-0.39, 0.29) is 12.5 Å². The summed E-state index contributed by atoms with van der Waals surface area (Å²) in [6, 6.07) is 15.0. The normalized spacial score (nSPS) is 15.5. The van der Waals surface area contributed by atoms with Crippen molar-refractivity contribution in [1.82, 2.24) is 9.80 Å². The van der Waals surface area contributed by atoms with Crippen molar-refractivity contribution in [3.63, 3.8) is 0 Å². The van der Waals surface area contributed by atoms with Gasteiger partial charge in [0.1, 0.15) is 11.5 Å². The van der Waals surface area contributed by atoms with E-state index in [1.165, 1.54) is 0 Å². The van der Waals surface area contributed by atoms with Crippen molar-refractivity contribution < 1.29 is 14.6 Å². The van der Waals surface area contributed by atoms with Crippen molar-refractivity contribution >= 4 is 27.5 Å². The van der Waals surface area contributed by atoms with Gasteiger partial charge in [0.2, 0.25) is 5.91 Å². The van der Waals surface area contributed by atoms with Crippen LogP contribution in [0.5, 0.6) is 11.5 Å². The van der Waals surface area contributed by atoms with Crippen LogP contribution in [0.1, 0.15) is 0 Å². The molecule has 2 N–H and O–H groups in total. The number of hydrogen-bond acceptors (Lipinski definition) is 5. The molecule has 27 heavy (non-hydrogen) atoms. The van der Waals surface area contributed by atoms with Gasteiger partial charge in [-0.1, -0.05) is 15.9 Å². The van der Waals surface area contributed by atoms with Gasteiger partial charge in [0.25, 0.3) is 0 Å². The molecule has 1 aliphatic rings. The van der Waals surface area contributed by atoms with Crippen LogP contribution >= 0.6 is 15.9 Å². The van der Waals surface area contributed by atoms with Crippen molar-refractivity contribution in [1.29, 1.82) is 0 Å². The van der Waals surface area contributed by atoms with Gasteiger partial charge >= 0.3 is 0 Å². The third kappa shape index (κ3) is 6.32. The van der Waals surface area contributed by atoms with E-state index in [1.807, 2.05) is 48.5 Å². The van der Waals surface area contributed by atoms with Crippen LogP contribution in [0.3, 0.4) is 0 Å². The van der Waals surface area contributed by atoms with Gasteiger partial charge in [-0.15, -0.1) is 0 Å². The molecule has 1 fully saturated rings. The monoisotopic (exact) mass is 433 g/mol. The van der Waals surface area contributed by atoms with Gasteiger partial charge in [-0.05, 0) is 48.5 Å². The Bertz CT molecular complexity index is 729. The third-order valence-electron chi connectivity index (χ3n) is 4.44. The number of nitrogens with zero attached hydrogens (tertiary/aromatic N) is 2. The second-order valence-electron chi connectivity index (χ2n) is 6.47. The first kappa shape index (κ1) is 19.8. The molecule has 0 unspecified atom stereocenters. The molecule has 2 aromatic carbocycles. The van der Waals surface area contributed by atoms with Crippen LogP contribution in [0, 0.1) is 0 Å². The Morgan fingerprint density at radius 3 is 2.11 bits per heavy atom. The van der Waals surface area contributed by atoms with Crippen LogP contribution in [0.25, 0.3) is 0 Å². The van der Waals surface area contributed by atoms with Crippen molar-refractivity contribution in [2.75, 3.05) is 51.2 Å². The highest BCUT2D eigenvalue weighted by Gasteiger charge is 2.18. The van der Waals surface area contributed by atoms with E-state index in [0.29, 0.717) is 13.1 Å². The Labute approximate surface area is 167 Å². The van der Waals surface area contributed by atoms with Crippen LogP contribution < -0.4 is 10.1 Å². The number of hydrogen-bond donors (Lipinski definition) is 2. The molecule has 6 nitrogen and oxygen atoms in total. The number of carbonyl (C=O) groups excluding carboxylic acids is 1. The number of nitrogens with one attached hydrogen (secondary N) is 1. The summed E-state index contributed by atoms with van der Waals surface area (Å²) in [7, 11) is 0. The second-order valence-corrected chi connectivity index (χ2v) is 7.39. The molecule has 0 saturated carbocycles. The minimum absolute atomic E-state index is 0.0211. The molecule has 3 rings (SSSR count). The number of piperazine rings is 1. The molecule has 0 spiro atoms. The number of amides is 1. The largest absolute Gasteiger partial charge is 0.457 e. The molecule has 0 bridgehead atoms. The predicted molar refractivity (Wildman–Crippen MR) is 109 cm³/mol. The summed E-state index contributed by atoms with van der Waals surface area (Å²) >= 11 is 3.40. The van der Waals surface area contributed by atoms with E-state index in [1.54, 1.807) is 0 Å². The second kappa shape index (κ2) is 9.85. The van der Waals surface area contributed by atoms with Gasteiger partial charge in [0.05, 0.1) is 13.2 Å². The number of β-amino-alcohol motifs (C(OH)–C–C–N with tert-alkyl or cyclic N) is 1. The number of benzene rings is 2.